The van der Waals surface area contributed by atoms with Gasteiger partial charge in [0.25, 0.3) is 0 Å². The van der Waals surface area contributed by atoms with Gasteiger partial charge in [-0.3, -0.25) is 9.78 Å². The molecule has 0 radical (unpaired) electrons. The third-order valence-corrected chi connectivity index (χ3v) is 7.09. The molecule has 212 valence electrons. The molecule has 11 nitrogen and oxygen atoms in total. The lowest BCUT2D eigenvalue weighted by Gasteiger charge is -2.33. The number of ether oxygens (including phenoxy) is 3. The van der Waals surface area contributed by atoms with E-state index in [1.807, 2.05) is 44.2 Å². The third-order valence-electron chi connectivity index (χ3n) is 7.09. The van der Waals surface area contributed by atoms with Crippen LogP contribution in [-0.4, -0.2) is 71.4 Å². The number of nitrogens with one attached hydrogen (secondary N) is 1. The highest BCUT2D eigenvalue weighted by molar-refractivity contribution is 5.72. The van der Waals surface area contributed by atoms with Crippen LogP contribution in [0.2, 0.25) is 0 Å². The maximum Gasteiger partial charge on any atom is 0.309 e. The Labute approximate surface area is 234 Å². The Hall–Kier alpha value is -4.15. The first-order valence-corrected chi connectivity index (χ1v) is 14.1. The van der Waals surface area contributed by atoms with Gasteiger partial charge in [0.1, 0.15) is 17.7 Å². The van der Waals surface area contributed by atoms with Gasteiger partial charge >= 0.3 is 5.97 Å². The van der Waals surface area contributed by atoms with Crippen LogP contribution >= 0.6 is 0 Å². The zero-order valence-corrected chi connectivity index (χ0v) is 23.2. The molecule has 0 bridgehead atoms. The number of rotatable bonds is 10. The highest BCUT2D eigenvalue weighted by atomic mass is 16.5. The van der Waals surface area contributed by atoms with Crippen molar-refractivity contribution in [2.75, 3.05) is 54.5 Å². The number of nitrogens with zero attached hydrogens (tertiary/aromatic N) is 6. The fourth-order valence-corrected chi connectivity index (χ4v) is 5.12. The van der Waals surface area contributed by atoms with Gasteiger partial charge in [-0.15, -0.1) is 0 Å². The molecule has 2 fully saturated rings. The van der Waals surface area contributed by atoms with E-state index in [1.165, 1.54) is 0 Å². The average Bonchev–Trinajstić information content (AvgIpc) is 2.99. The Morgan fingerprint density at radius 3 is 2.58 bits per heavy atom. The monoisotopic (exact) mass is 547 g/mol. The van der Waals surface area contributed by atoms with Crippen LogP contribution in [-0.2, 0) is 9.53 Å². The summed E-state index contributed by atoms with van der Waals surface area (Å²) in [7, 11) is 0. The first-order chi connectivity index (χ1) is 19.6. The van der Waals surface area contributed by atoms with Gasteiger partial charge in [-0.05, 0) is 57.7 Å². The Morgan fingerprint density at radius 2 is 1.77 bits per heavy atom. The molecule has 11 heteroatoms. The summed E-state index contributed by atoms with van der Waals surface area (Å²) in [5, 5.41) is 3.21. The number of aromatic nitrogens is 4. The van der Waals surface area contributed by atoms with Gasteiger partial charge in [0.2, 0.25) is 5.95 Å². The van der Waals surface area contributed by atoms with Crippen LogP contribution in [0.25, 0.3) is 0 Å². The summed E-state index contributed by atoms with van der Waals surface area (Å²) in [4.78, 5) is 34.7. The second-order valence-electron chi connectivity index (χ2n) is 9.85. The summed E-state index contributed by atoms with van der Waals surface area (Å²) in [6.07, 6.45) is 8.62. The zero-order valence-electron chi connectivity index (χ0n) is 23.2. The van der Waals surface area contributed by atoms with E-state index in [2.05, 4.69) is 25.1 Å². The van der Waals surface area contributed by atoms with Gasteiger partial charge in [-0.1, -0.05) is 12.1 Å². The predicted octanol–water partition coefficient (Wildman–Crippen LogP) is 4.24. The molecule has 2 aromatic heterocycles. The SMILES string of the molecule is CCOC(=O)C1CCN(c2ccnc(Nc3cncc(N4CCC[C@@H](Oc5ccccc5OCC)C4)n3)n2)CC1. The fraction of sp³-hybridized carbons (Fsp3) is 0.483. The van der Waals surface area contributed by atoms with Crippen LogP contribution < -0.4 is 24.6 Å². The number of para-hydroxylation sites is 2. The average molecular weight is 548 g/mol. The summed E-state index contributed by atoms with van der Waals surface area (Å²) >= 11 is 0. The maximum atomic E-state index is 12.1. The molecule has 0 amide bonds. The van der Waals surface area contributed by atoms with Crippen molar-refractivity contribution in [2.24, 2.45) is 5.92 Å². The van der Waals surface area contributed by atoms with Crippen molar-refractivity contribution in [3.05, 3.63) is 48.9 Å². The Kier molecular flexibility index (Phi) is 9.10. The summed E-state index contributed by atoms with van der Waals surface area (Å²) in [5.74, 6) is 3.98. The third kappa shape index (κ3) is 6.88. The molecular formula is C29H37N7O4. The van der Waals surface area contributed by atoms with E-state index < -0.39 is 0 Å². The van der Waals surface area contributed by atoms with Gasteiger partial charge in [0.15, 0.2) is 17.3 Å². The van der Waals surface area contributed by atoms with Crippen molar-refractivity contribution in [1.29, 1.82) is 0 Å². The summed E-state index contributed by atoms with van der Waals surface area (Å²) in [6.45, 7) is 7.86. The van der Waals surface area contributed by atoms with Crippen molar-refractivity contribution in [3.8, 4) is 11.5 Å². The molecule has 5 rings (SSSR count). The predicted molar refractivity (Wildman–Crippen MR) is 152 cm³/mol. The Morgan fingerprint density at radius 1 is 0.950 bits per heavy atom. The highest BCUT2D eigenvalue weighted by Gasteiger charge is 2.27. The number of hydrogen-bond acceptors (Lipinski definition) is 11. The lowest BCUT2D eigenvalue weighted by atomic mass is 9.97. The van der Waals surface area contributed by atoms with E-state index in [0.29, 0.717) is 31.5 Å². The molecule has 0 unspecified atom stereocenters. The van der Waals surface area contributed by atoms with Crippen molar-refractivity contribution in [3.63, 3.8) is 0 Å². The van der Waals surface area contributed by atoms with Gasteiger partial charge in [-0.25, -0.2) is 9.97 Å². The number of piperidine rings is 2. The van der Waals surface area contributed by atoms with E-state index in [0.717, 1.165) is 68.5 Å². The van der Waals surface area contributed by atoms with Crippen LogP contribution in [0.5, 0.6) is 11.5 Å². The molecule has 1 aromatic carbocycles. The van der Waals surface area contributed by atoms with Gasteiger partial charge in [0.05, 0.1) is 38.1 Å². The summed E-state index contributed by atoms with van der Waals surface area (Å²) in [5.41, 5.74) is 0. The summed E-state index contributed by atoms with van der Waals surface area (Å²) in [6, 6.07) is 9.68. The number of carbonyl (C=O) groups excluding carboxylic acids is 1. The minimum Gasteiger partial charge on any atom is -0.490 e. The maximum absolute atomic E-state index is 12.1. The molecule has 40 heavy (non-hydrogen) atoms. The van der Waals surface area contributed by atoms with Crippen LogP contribution in [0.4, 0.5) is 23.4 Å². The smallest absolute Gasteiger partial charge is 0.309 e. The minimum atomic E-state index is -0.104. The number of hydrogen-bond donors (Lipinski definition) is 1. The van der Waals surface area contributed by atoms with Crippen molar-refractivity contribution in [1.82, 2.24) is 19.9 Å². The lowest BCUT2D eigenvalue weighted by molar-refractivity contribution is -0.148. The van der Waals surface area contributed by atoms with Crippen LogP contribution in [0.15, 0.2) is 48.9 Å². The normalized spacial score (nSPS) is 17.8. The Bertz CT molecular complexity index is 1270. The van der Waals surface area contributed by atoms with Gasteiger partial charge < -0.3 is 29.3 Å². The molecule has 2 saturated heterocycles. The van der Waals surface area contributed by atoms with Crippen LogP contribution in [0.1, 0.15) is 39.5 Å². The first-order valence-electron chi connectivity index (χ1n) is 14.1. The van der Waals surface area contributed by atoms with E-state index in [1.54, 1.807) is 18.6 Å². The molecule has 0 spiro atoms. The quantitative estimate of drug-likeness (QED) is 0.368. The second kappa shape index (κ2) is 13.3. The molecule has 1 N–H and O–H groups in total. The number of anilines is 4. The molecule has 2 aliphatic rings. The topological polar surface area (TPSA) is 115 Å². The van der Waals surface area contributed by atoms with E-state index in [-0.39, 0.29) is 18.0 Å². The van der Waals surface area contributed by atoms with Crippen molar-refractivity contribution < 1.29 is 19.0 Å². The lowest BCUT2D eigenvalue weighted by Crippen LogP contribution is -2.41. The molecule has 4 heterocycles. The molecular weight excluding hydrogens is 510 g/mol. The molecule has 2 aliphatic heterocycles. The number of benzene rings is 1. The van der Waals surface area contributed by atoms with E-state index in [9.17, 15) is 4.79 Å². The summed E-state index contributed by atoms with van der Waals surface area (Å²) < 4.78 is 17.3. The Balaban J connectivity index is 1.20. The van der Waals surface area contributed by atoms with E-state index in [4.69, 9.17) is 24.2 Å². The van der Waals surface area contributed by atoms with Gasteiger partial charge in [0, 0.05) is 25.8 Å². The molecule has 1 atom stereocenters. The number of esters is 1. The van der Waals surface area contributed by atoms with Gasteiger partial charge in [-0.2, -0.15) is 4.98 Å². The second-order valence-corrected chi connectivity index (χ2v) is 9.85. The first kappa shape index (κ1) is 27.4. The van der Waals surface area contributed by atoms with Crippen LogP contribution in [0.3, 0.4) is 0 Å². The standard InChI is InChI=1S/C29H37N7O4/c1-3-38-23-9-5-6-10-24(23)40-22-8-7-15-36(20-22)27-19-30-18-25(32-27)33-29-31-14-11-26(34-29)35-16-12-21(13-17-35)28(37)39-4-2/h5-6,9-11,14,18-19,21-22H,3-4,7-8,12-13,15-17,20H2,1-2H3,(H,31,32,33,34)/t22-/m1/s1. The van der Waals surface area contributed by atoms with Crippen molar-refractivity contribution in [2.45, 2.75) is 45.6 Å². The molecule has 3 aromatic rings. The zero-order chi connectivity index (χ0) is 27.7. The fourth-order valence-electron chi connectivity index (χ4n) is 5.12. The molecule has 0 saturated carbocycles. The number of carbonyl (C=O) groups is 1. The highest BCUT2D eigenvalue weighted by Crippen LogP contribution is 2.30. The minimum absolute atomic E-state index is 0.0155. The van der Waals surface area contributed by atoms with E-state index >= 15 is 0 Å². The largest absolute Gasteiger partial charge is 0.490 e. The van der Waals surface area contributed by atoms with Crippen molar-refractivity contribution >= 4 is 29.4 Å². The molecule has 0 aliphatic carbocycles. The van der Waals surface area contributed by atoms with Crippen LogP contribution in [0, 0.1) is 5.92 Å².